The summed E-state index contributed by atoms with van der Waals surface area (Å²) in [5.41, 5.74) is 4.45. The molecule has 1 N–H and O–H groups in total. The maximum Gasteiger partial charge on any atom is 0.231 e. The molecule has 0 saturated heterocycles. The lowest BCUT2D eigenvalue weighted by Gasteiger charge is -2.17. The minimum absolute atomic E-state index is 0.0560. The van der Waals surface area contributed by atoms with E-state index in [1.807, 2.05) is 46.5 Å². The van der Waals surface area contributed by atoms with Crippen molar-refractivity contribution in [2.24, 2.45) is 0 Å². The fourth-order valence-corrected chi connectivity index (χ4v) is 4.69. The Morgan fingerprint density at radius 1 is 1.13 bits per heavy atom. The Labute approximate surface area is 184 Å². The third-order valence-corrected chi connectivity index (χ3v) is 6.51. The van der Waals surface area contributed by atoms with E-state index in [0.717, 1.165) is 27.0 Å². The summed E-state index contributed by atoms with van der Waals surface area (Å²) < 4.78 is 2.04. The van der Waals surface area contributed by atoms with E-state index in [9.17, 15) is 4.79 Å². The highest BCUT2D eigenvalue weighted by Gasteiger charge is 2.20. The van der Waals surface area contributed by atoms with Crippen LogP contribution in [0.25, 0.3) is 5.69 Å². The second-order valence-corrected chi connectivity index (χ2v) is 8.81. The number of aromatic nitrogens is 3. The van der Waals surface area contributed by atoms with Crippen LogP contribution in [-0.4, -0.2) is 26.2 Å². The van der Waals surface area contributed by atoms with Gasteiger partial charge in [0.15, 0.2) is 5.16 Å². The number of thioether (sulfide) groups is 1. The van der Waals surface area contributed by atoms with Gasteiger partial charge in [0.1, 0.15) is 11.0 Å². The predicted octanol–water partition coefficient (Wildman–Crippen LogP) is 4.94. The van der Waals surface area contributed by atoms with Crippen LogP contribution in [0.5, 0.6) is 0 Å². The van der Waals surface area contributed by atoms with Crippen molar-refractivity contribution in [1.82, 2.24) is 19.9 Å². The molecule has 0 aliphatic carbocycles. The Morgan fingerprint density at radius 2 is 1.97 bits per heavy atom. The molecule has 1 unspecified atom stereocenters. The highest BCUT2D eigenvalue weighted by atomic mass is 32.2. The van der Waals surface area contributed by atoms with Crippen LogP contribution in [0.4, 0.5) is 0 Å². The summed E-state index contributed by atoms with van der Waals surface area (Å²) in [7, 11) is 0. The van der Waals surface area contributed by atoms with Gasteiger partial charge in [-0.25, -0.2) is 9.97 Å². The zero-order valence-electron chi connectivity index (χ0n) is 16.8. The number of hydrogen-bond donors (Lipinski definition) is 1. The second-order valence-electron chi connectivity index (χ2n) is 6.94. The topological polar surface area (TPSA) is 59.8 Å². The number of thiazole rings is 1. The molecule has 1 atom stereocenters. The van der Waals surface area contributed by atoms with Crippen LogP contribution in [0.1, 0.15) is 27.7 Å². The molecule has 0 saturated carbocycles. The lowest BCUT2D eigenvalue weighted by atomic mass is 10.1. The first-order valence-electron chi connectivity index (χ1n) is 9.59. The number of imidazole rings is 1. The minimum Gasteiger partial charge on any atom is -0.342 e. The molecule has 0 aliphatic heterocycles. The molecule has 2 heterocycles. The van der Waals surface area contributed by atoms with Gasteiger partial charge in [0.05, 0.1) is 11.4 Å². The van der Waals surface area contributed by atoms with E-state index in [1.54, 1.807) is 12.4 Å². The van der Waals surface area contributed by atoms with E-state index >= 15 is 0 Å². The number of carbonyl (C=O) groups excluding carboxylic acids is 1. The van der Waals surface area contributed by atoms with E-state index in [0.29, 0.717) is 0 Å². The van der Waals surface area contributed by atoms with Crippen molar-refractivity contribution < 1.29 is 4.79 Å². The number of hydrogen-bond acceptors (Lipinski definition) is 5. The fraction of sp³-hybridized carbons (Fsp3) is 0.174. The largest absolute Gasteiger partial charge is 0.342 e. The summed E-state index contributed by atoms with van der Waals surface area (Å²) in [6, 6.07) is 16.0. The van der Waals surface area contributed by atoms with Crippen molar-refractivity contribution in [1.29, 1.82) is 0 Å². The Hall–Kier alpha value is -2.90. The van der Waals surface area contributed by atoms with Crippen molar-refractivity contribution >= 4 is 29.0 Å². The van der Waals surface area contributed by atoms with Crippen LogP contribution >= 0.6 is 23.1 Å². The maximum absolute atomic E-state index is 12.8. The first-order chi connectivity index (χ1) is 14.6. The van der Waals surface area contributed by atoms with E-state index in [1.165, 1.54) is 28.7 Å². The highest BCUT2D eigenvalue weighted by Crippen LogP contribution is 2.26. The monoisotopic (exact) mass is 434 g/mol. The van der Waals surface area contributed by atoms with Crippen molar-refractivity contribution in [3.05, 3.63) is 94.2 Å². The van der Waals surface area contributed by atoms with E-state index in [-0.39, 0.29) is 17.7 Å². The van der Waals surface area contributed by atoms with Crippen LogP contribution in [0.2, 0.25) is 0 Å². The van der Waals surface area contributed by atoms with Crippen molar-refractivity contribution in [2.75, 3.05) is 5.75 Å². The van der Waals surface area contributed by atoms with Gasteiger partial charge in [-0.05, 0) is 36.6 Å². The zero-order valence-corrected chi connectivity index (χ0v) is 18.4. The van der Waals surface area contributed by atoms with Crippen molar-refractivity contribution in [3.8, 4) is 5.69 Å². The number of amides is 1. The summed E-state index contributed by atoms with van der Waals surface area (Å²) in [6.45, 7) is 4.15. The van der Waals surface area contributed by atoms with Gasteiger partial charge in [0.25, 0.3) is 0 Å². The number of benzene rings is 2. The number of carbonyl (C=O) groups is 1. The van der Waals surface area contributed by atoms with Crippen LogP contribution in [0, 0.1) is 13.8 Å². The van der Waals surface area contributed by atoms with Gasteiger partial charge in [-0.15, -0.1) is 11.3 Å². The van der Waals surface area contributed by atoms with E-state index in [4.69, 9.17) is 0 Å². The van der Waals surface area contributed by atoms with Crippen LogP contribution < -0.4 is 5.32 Å². The average molecular weight is 435 g/mol. The molecule has 5 nitrogen and oxygen atoms in total. The second kappa shape index (κ2) is 9.28. The first kappa shape index (κ1) is 20.4. The van der Waals surface area contributed by atoms with Crippen LogP contribution in [0.15, 0.2) is 77.7 Å². The number of nitrogens with zero attached hydrogens (tertiary/aromatic N) is 3. The van der Waals surface area contributed by atoms with Gasteiger partial charge >= 0.3 is 0 Å². The molecule has 4 aromatic rings. The Kier molecular flexibility index (Phi) is 6.30. The lowest BCUT2D eigenvalue weighted by Crippen LogP contribution is -2.30. The van der Waals surface area contributed by atoms with Crippen molar-refractivity contribution in [2.45, 2.75) is 25.0 Å². The molecule has 0 spiro atoms. The van der Waals surface area contributed by atoms with E-state index < -0.39 is 0 Å². The molecule has 0 radical (unpaired) electrons. The summed E-state index contributed by atoms with van der Waals surface area (Å²) in [4.78, 5) is 21.7. The molecule has 0 bridgehead atoms. The quantitative estimate of drug-likeness (QED) is 0.419. The normalized spacial score (nSPS) is 11.9. The molecule has 2 aromatic heterocycles. The van der Waals surface area contributed by atoms with Gasteiger partial charge in [-0.1, -0.05) is 54.2 Å². The molecule has 152 valence electrons. The van der Waals surface area contributed by atoms with Crippen LogP contribution in [-0.2, 0) is 4.79 Å². The summed E-state index contributed by atoms with van der Waals surface area (Å²) in [5, 5.41) is 6.72. The molecule has 2 aromatic carbocycles. The Bertz CT molecular complexity index is 1120. The van der Waals surface area contributed by atoms with Gasteiger partial charge in [-0.2, -0.15) is 0 Å². The molecular formula is C23H22N4OS2. The molecule has 7 heteroatoms. The number of rotatable bonds is 7. The maximum atomic E-state index is 12.8. The standard InChI is InChI=1S/C23H22N4OS2/c1-16-8-9-17(2)19(14-16)27-12-10-25-23(27)30-15-20(28)26-21(22-24-11-13-29-22)18-6-4-3-5-7-18/h3-14,21H,15H2,1-2H3,(H,26,28). The summed E-state index contributed by atoms with van der Waals surface area (Å²) in [6.07, 6.45) is 5.46. The minimum atomic E-state index is -0.252. The molecule has 4 rings (SSSR count). The number of aryl methyl sites for hydroxylation is 2. The average Bonchev–Trinajstić information content (AvgIpc) is 3.45. The van der Waals surface area contributed by atoms with Crippen molar-refractivity contribution in [3.63, 3.8) is 0 Å². The third kappa shape index (κ3) is 4.63. The third-order valence-electron chi connectivity index (χ3n) is 4.70. The number of nitrogens with one attached hydrogen (secondary N) is 1. The SMILES string of the molecule is Cc1ccc(C)c(-n2ccnc2SCC(=O)NC(c2ccccc2)c2nccs2)c1. The Morgan fingerprint density at radius 3 is 2.73 bits per heavy atom. The van der Waals surface area contributed by atoms with Gasteiger partial charge in [0, 0.05) is 24.0 Å². The smallest absolute Gasteiger partial charge is 0.231 e. The first-order valence-corrected chi connectivity index (χ1v) is 11.5. The van der Waals surface area contributed by atoms with Gasteiger partial charge in [-0.3, -0.25) is 9.36 Å². The van der Waals surface area contributed by atoms with Gasteiger partial charge in [0.2, 0.25) is 5.91 Å². The van der Waals surface area contributed by atoms with Crippen LogP contribution in [0.3, 0.4) is 0 Å². The Balaban J connectivity index is 1.48. The summed E-state index contributed by atoms with van der Waals surface area (Å²) >= 11 is 2.97. The molecule has 30 heavy (non-hydrogen) atoms. The van der Waals surface area contributed by atoms with E-state index in [2.05, 4.69) is 47.3 Å². The zero-order chi connectivity index (χ0) is 20.9. The molecule has 0 aliphatic rings. The molecule has 1 amide bonds. The predicted molar refractivity (Wildman–Crippen MR) is 122 cm³/mol. The molecule has 0 fully saturated rings. The lowest BCUT2D eigenvalue weighted by molar-refractivity contribution is -0.119. The fourth-order valence-electron chi connectivity index (χ4n) is 3.20. The highest BCUT2D eigenvalue weighted by molar-refractivity contribution is 7.99. The molecular weight excluding hydrogens is 412 g/mol. The summed E-state index contributed by atoms with van der Waals surface area (Å²) in [5.74, 6) is 0.218. The van der Waals surface area contributed by atoms with Gasteiger partial charge < -0.3 is 5.32 Å².